The van der Waals surface area contributed by atoms with Crippen LogP contribution >= 0.6 is 0 Å². The number of rotatable bonds is 5. The van der Waals surface area contributed by atoms with Crippen LogP contribution < -0.4 is 4.74 Å². The summed E-state index contributed by atoms with van der Waals surface area (Å²) in [7, 11) is 1.61. The van der Waals surface area contributed by atoms with Gasteiger partial charge in [0.15, 0.2) is 0 Å². The lowest BCUT2D eigenvalue weighted by molar-refractivity contribution is -0.151. The molecule has 124 valence electrons. The number of carboxylic acid groups (broad SMARTS) is 1. The summed E-state index contributed by atoms with van der Waals surface area (Å²) in [6.07, 6.45) is 1.10. The zero-order valence-electron chi connectivity index (χ0n) is 13.1. The first-order valence-electron chi connectivity index (χ1n) is 7.78. The maximum absolute atomic E-state index is 12.6. The standard InChI is InChI=1S/C17H21NO5/c1-23-12-4-2-11(3-5-12)13-8-14(13)15(20)18-7-6-17(9-18,10-19)16(21)22/h2-5,13-14,19H,6-10H2,1H3,(H,21,22)/t13-,14+,17?/m0/s1. The predicted molar refractivity (Wildman–Crippen MR) is 82.2 cm³/mol. The lowest BCUT2D eigenvalue weighted by Crippen LogP contribution is -2.40. The Morgan fingerprint density at radius 3 is 2.57 bits per heavy atom. The van der Waals surface area contributed by atoms with Crippen molar-refractivity contribution in [3.63, 3.8) is 0 Å². The normalized spacial score (nSPS) is 29.4. The summed E-state index contributed by atoms with van der Waals surface area (Å²) in [4.78, 5) is 25.5. The molecule has 2 fully saturated rings. The summed E-state index contributed by atoms with van der Waals surface area (Å²) in [5.41, 5.74) is -0.0878. The van der Waals surface area contributed by atoms with E-state index in [2.05, 4.69) is 0 Å². The minimum atomic E-state index is -1.19. The van der Waals surface area contributed by atoms with Crippen molar-refractivity contribution in [2.75, 3.05) is 26.8 Å². The number of likely N-dealkylation sites (tertiary alicyclic amines) is 1. The highest BCUT2D eigenvalue weighted by Crippen LogP contribution is 2.49. The molecule has 0 bridgehead atoms. The second-order valence-electron chi connectivity index (χ2n) is 6.48. The Hall–Kier alpha value is -2.08. The van der Waals surface area contributed by atoms with Crippen LogP contribution in [-0.2, 0) is 9.59 Å². The third-order valence-electron chi connectivity index (χ3n) is 5.07. The molecule has 1 saturated heterocycles. The van der Waals surface area contributed by atoms with Crippen molar-refractivity contribution < 1.29 is 24.5 Å². The molecule has 6 heteroatoms. The van der Waals surface area contributed by atoms with Crippen LogP contribution in [0.4, 0.5) is 0 Å². The van der Waals surface area contributed by atoms with Crippen molar-refractivity contribution in [2.45, 2.75) is 18.8 Å². The Morgan fingerprint density at radius 1 is 1.35 bits per heavy atom. The first-order chi connectivity index (χ1) is 11.0. The van der Waals surface area contributed by atoms with Gasteiger partial charge in [-0.1, -0.05) is 12.1 Å². The van der Waals surface area contributed by atoms with Crippen LogP contribution in [0.25, 0.3) is 0 Å². The molecule has 0 aromatic heterocycles. The Bertz CT molecular complexity index is 614. The van der Waals surface area contributed by atoms with Gasteiger partial charge >= 0.3 is 5.97 Å². The van der Waals surface area contributed by atoms with E-state index < -0.39 is 18.0 Å². The Labute approximate surface area is 134 Å². The summed E-state index contributed by atoms with van der Waals surface area (Å²) in [5, 5.41) is 18.7. The maximum Gasteiger partial charge on any atom is 0.313 e. The molecular weight excluding hydrogens is 298 g/mol. The summed E-state index contributed by atoms with van der Waals surface area (Å²) in [6, 6.07) is 7.70. The van der Waals surface area contributed by atoms with Crippen molar-refractivity contribution in [3.05, 3.63) is 29.8 Å². The van der Waals surface area contributed by atoms with Crippen LogP contribution in [0.15, 0.2) is 24.3 Å². The number of hydrogen-bond acceptors (Lipinski definition) is 4. The highest BCUT2D eigenvalue weighted by molar-refractivity contribution is 5.85. The molecule has 0 spiro atoms. The Kier molecular flexibility index (Phi) is 4.02. The first kappa shape index (κ1) is 15.8. The zero-order valence-corrected chi connectivity index (χ0v) is 13.1. The van der Waals surface area contributed by atoms with Crippen LogP contribution in [0.5, 0.6) is 5.75 Å². The third kappa shape index (κ3) is 2.79. The summed E-state index contributed by atoms with van der Waals surface area (Å²) in [5.74, 6) is -0.125. The van der Waals surface area contributed by atoms with E-state index in [1.165, 1.54) is 0 Å². The van der Waals surface area contributed by atoms with Gasteiger partial charge in [0.2, 0.25) is 5.91 Å². The van der Waals surface area contributed by atoms with Crippen molar-refractivity contribution in [1.82, 2.24) is 4.90 Å². The van der Waals surface area contributed by atoms with Gasteiger partial charge in [0, 0.05) is 19.0 Å². The SMILES string of the molecule is COc1ccc([C@@H]2C[C@H]2C(=O)N2CCC(CO)(C(=O)O)C2)cc1. The molecule has 2 aliphatic rings. The van der Waals surface area contributed by atoms with Crippen LogP contribution in [0.2, 0.25) is 0 Å². The number of nitrogens with zero attached hydrogens (tertiary/aromatic N) is 1. The third-order valence-corrected chi connectivity index (χ3v) is 5.07. The molecule has 1 aromatic rings. The van der Waals surface area contributed by atoms with E-state index in [0.29, 0.717) is 13.0 Å². The largest absolute Gasteiger partial charge is 0.497 e. The highest BCUT2D eigenvalue weighted by atomic mass is 16.5. The topological polar surface area (TPSA) is 87.1 Å². The van der Waals surface area contributed by atoms with Crippen molar-refractivity contribution in [3.8, 4) is 5.75 Å². The van der Waals surface area contributed by atoms with E-state index in [1.54, 1.807) is 12.0 Å². The average molecular weight is 319 g/mol. The molecular formula is C17H21NO5. The summed E-state index contributed by atoms with van der Waals surface area (Å²) >= 11 is 0. The number of carboxylic acids is 1. The van der Waals surface area contributed by atoms with Gasteiger partial charge in [-0.25, -0.2) is 0 Å². The molecule has 1 aliphatic carbocycles. The molecule has 3 atom stereocenters. The van der Waals surface area contributed by atoms with Gasteiger partial charge in [-0.2, -0.15) is 0 Å². The van der Waals surface area contributed by atoms with Crippen molar-refractivity contribution >= 4 is 11.9 Å². The maximum atomic E-state index is 12.6. The minimum absolute atomic E-state index is 0.00222. The minimum Gasteiger partial charge on any atom is -0.497 e. The molecule has 1 aliphatic heterocycles. The van der Waals surface area contributed by atoms with Gasteiger partial charge in [-0.3, -0.25) is 9.59 Å². The molecule has 1 amide bonds. The molecule has 1 unspecified atom stereocenters. The molecule has 23 heavy (non-hydrogen) atoms. The van der Waals surface area contributed by atoms with Crippen molar-refractivity contribution in [2.24, 2.45) is 11.3 Å². The number of carbonyl (C=O) groups excluding carboxylic acids is 1. The van der Waals surface area contributed by atoms with Gasteiger partial charge in [0.05, 0.1) is 13.7 Å². The fraction of sp³-hybridized carbons (Fsp3) is 0.529. The van der Waals surface area contributed by atoms with Crippen LogP contribution in [-0.4, -0.2) is 53.8 Å². The lowest BCUT2D eigenvalue weighted by Gasteiger charge is -2.22. The predicted octanol–water partition coefficient (Wildman–Crippen LogP) is 1.09. The number of amides is 1. The molecule has 1 heterocycles. The van der Waals surface area contributed by atoms with Crippen LogP contribution in [0, 0.1) is 11.3 Å². The molecule has 1 saturated carbocycles. The van der Waals surface area contributed by atoms with E-state index in [9.17, 15) is 19.8 Å². The first-order valence-corrected chi connectivity index (χ1v) is 7.78. The fourth-order valence-electron chi connectivity index (χ4n) is 3.35. The number of carbonyl (C=O) groups is 2. The molecule has 0 radical (unpaired) electrons. The zero-order chi connectivity index (χ0) is 16.6. The van der Waals surface area contributed by atoms with E-state index in [1.807, 2.05) is 24.3 Å². The monoisotopic (exact) mass is 319 g/mol. The van der Waals surface area contributed by atoms with Gasteiger partial charge in [-0.05, 0) is 36.5 Å². The number of ether oxygens (including phenoxy) is 1. The second kappa shape index (κ2) is 5.85. The van der Waals surface area contributed by atoms with Crippen LogP contribution in [0.3, 0.4) is 0 Å². The fourth-order valence-corrected chi connectivity index (χ4v) is 3.35. The smallest absolute Gasteiger partial charge is 0.313 e. The molecule has 6 nitrogen and oxygen atoms in total. The van der Waals surface area contributed by atoms with Crippen LogP contribution in [0.1, 0.15) is 24.3 Å². The molecule has 1 aromatic carbocycles. The van der Waals surface area contributed by atoms with Crippen molar-refractivity contribution in [1.29, 1.82) is 0 Å². The van der Waals surface area contributed by atoms with E-state index in [-0.39, 0.29) is 24.3 Å². The number of benzene rings is 1. The molecule has 2 N–H and O–H groups in total. The number of aliphatic carboxylic acids is 1. The quantitative estimate of drug-likeness (QED) is 0.848. The van der Waals surface area contributed by atoms with E-state index in [4.69, 9.17) is 4.74 Å². The van der Waals surface area contributed by atoms with E-state index >= 15 is 0 Å². The lowest BCUT2D eigenvalue weighted by atomic mass is 9.88. The van der Waals surface area contributed by atoms with Gasteiger partial charge in [-0.15, -0.1) is 0 Å². The highest BCUT2D eigenvalue weighted by Gasteiger charge is 2.51. The molecule has 3 rings (SSSR count). The van der Waals surface area contributed by atoms with Gasteiger partial charge < -0.3 is 19.8 Å². The summed E-state index contributed by atoms with van der Waals surface area (Å²) in [6.45, 7) is 0.0692. The average Bonchev–Trinajstić information content (AvgIpc) is 3.24. The number of aliphatic hydroxyl groups excluding tert-OH is 1. The number of hydrogen-bond donors (Lipinski definition) is 2. The van der Waals surface area contributed by atoms with Gasteiger partial charge in [0.1, 0.15) is 11.2 Å². The van der Waals surface area contributed by atoms with Gasteiger partial charge in [0.25, 0.3) is 0 Å². The number of methoxy groups -OCH3 is 1. The Morgan fingerprint density at radius 2 is 2.04 bits per heavy atom. The second-order valence-corrected chi connectivity index (χ2v) is 6.48. The Balaban J connectivity index is 1.63. The summed E-state index contributed by atoms with van der Waals surface area (Å²) < 4.78 is 5.13. The number of aliphatic hydroxyl groups is 1. The van der Waals surface area contributed by atoms with E-state index in [0.717, 1.165) is 17.7 Å².